The van der Waals surface area contributed by atoms with Gasteiger partial charge in [0.15, 0.2) is 0 Å². The van der Waals surface area contributed by atoms with Crippen molar-refractivity contribution >= 4 is 6.09 Å². The highest BCUT2D eigenvalue weighted by Gasteiger charge is 2.45. The molecule has 0 aliphatic carbocycles. The van der Waals surface area contributed by atoms with E-state index in [4.69, 9.17) is 4.52 Å². The number of nitrogens with one attached hydrogen (secondary N) is 1. The summed E-state index contributed by atoms with van der Waals surface area (Å²) in [5.74, 6) is -1.39. The van der Waals surface area contributed by atoms with Crippen LogP contribution in [0.25, 0.3) is 0 Å². The SMILES string of the molecule is C[C@]1(c2ccc(F)cc2F)C[C@@H](c2cc(=O)[nH]o2)CCN1C(=O)O. The second-order valence-electron chi connectivity index (χ2n) is 6.14. The molecular weight excluding hydrogens is 322 g/mol. The minimum Gasteiger partial charge on any atom is -0.465 e. The van der Waals surface area contributed by atoms with Crippen LogP contribution in [0.5, 0.6) is 0 Å². The number of nitrogens with zero attached hydrogens (tertiary/aromatic N) is 1. The van der Waals surface area contributed by atoms with E-state index in [-0.39, 0.29) is 30.0 Å². The summed E-state index contributed by atoms with van der Waals surface area (Å²) in [6.45, 7) is 1.73. The van der Waals surface area contributed by atoms with Gasteiger partial charge in [0.2, 0.25) is 0 Å². The number of likely N-dealkylation sites (tertiary alicyclic amines) is 1. The molecule has 2 aromatic rings. The van der Waals surface area contributed by atoms with Gasteiger partial charge in [-0.05, 0) is 25.8 Å². The zero-order chi connectivity index (χ0) is 17.5. The monoisotopic (exact) mass is 338 g/mol. The van der Waals surface area contributed by atoms with Gasteiger partial charge in [-0.1, -0.05) is 6.07 Å². The maximum absolute atomic E-state index is 14.3. The van der Waals surface area contributed by atoms with Crippen LogP contribution in [0.15, 0.2) is 33.6 Å². The van der Waals surface area contributed by atoms with E-state index in [1.807, 2.05) is 0 Å². The van der Waals surface area contributed by atoms with E-state index in [2.05, 4.69) is 5.16 Å². The first-order valence-corrected chi connectivity index (χ1v) is 7.46. The molecule has 0 bridgehead atoms. The first kappa shape index (κ1) is 16.2. The standard InChI is InChI=1S/C16H16F2N2O4/c1-16(11-3-2-10(17)6-12(11)18)8-9(4-5-20(16)15(22)23)13-7-14(21)19-24-13/h2-3,6-7,9H,4-5,8H2,1H3,(H,19,21)(H,22,23)/t9-,16+/m0/s1. The van der Waals surface area contributed by atoms with Crippen LogP contribution in [0.3, 0.4) is 0 Å². The molecule has 8 heteroatoms. The highest BCUT2D eigenvalue weighted by atomic mass is 19.1. The van der Waals surface area contributed by atoms with Crippen LogP contribution in [0.2, 0.25) is 0 Å². The van der Waals surface area contributed by atoms with Crippen molar-refractivity contribution in [2.24, 2.45) is 0 Å². The van der Waals surface area contributed by atoms with Gasteiger partial charge in [0.25, 0.3) is 5.56 Å². The molecule has 2 N–H and O–H groups in total. The van der Waals surface area contributed by atoms with Crippen molar-refractivity contribution in [1.29, 1.82) is 0 Å². The number of carbonyl (C=O) groups is 1. The number of aromatic amines is 1. The first-order chi connectivity index (χ1) is 11.3. The molecule has 0 unspecified atom stereocenters. The summed E-state index contributed by atoms with van der Waals surface area (Å²) in [5.41, 5.74) is -1.50. The predicted octanol–water partition coefficient (Wildman–Crippen LogP) is 3.02. The first-order valence-electron chi connectivity index (χ1n) is 7.46. The predicted molar refractivity (Wildman–Crippen MR) is 79.7 cm³/mol. The van der Waals surface area contributed by atoms with Gasteiger partial charge in [-0.2, -0.15) is 5.16 Å². The number of piperidine rings is 1. The fourth-order valence-corrected chi connectivity index (χ4v) is 3.45. The number of rotatable bonds is 2. The van der Waals surface area contributed by atoms with E-state index in [0.29, 0.717) is 12.2 Å². The van der Waals surface area contributed by atoms with Crippen molar-refractivity contribution < 1.29 is 23.2 Å². The van der Waals surface area contributed by atoms with Gasteiger partial charge >= 0.3 is 6.09 Å². The van der Waals surface area contributed by atoms with Crippen molar-refractivity contribution in [3.63, 3.8) is 0 Å². The van der Waals surface area contributed by atoms with Crippen molar-refractivity contribution in [2.45, 2.75) is 31.2 Å². The molecule has 1 amide bonds. The molecule has 2 atom stereocenters. The largest absolute Gasteiger partial charge is 0.465 e. The van der Waals surface area contributed by atoms with E-state index in [1.54, 1.807) is 6.92 Å². The fourth-order valence-electron chi connectivity index (χ4n) is 3.45. The Balaban J connectivity index is 2.04. The van der Waals surface area contributed by atoms with Crippen LogP contribution in [-0.2, 0) is 5.54 Å². The number of benzene rings is 1. The molecule has 1 aliphatic rings. The van der Waals surface area contributed by atoms with Gasteiger partial charge in [-0.15, -0.1) is 0 Å². The molecule has 1 saturated heterocycles. The summed E-state index contributed by atoms with van der Waals surface area (Å²) in [7, 11) is 0. The van der Waals surface area contributed by atoms with E-state index < -0.39 is 23.3 Å². The number of H-pyrrole nitrogens is 1. The molecule has 1 fully saturated rings. The molecule has 0 spiro atoms. The Labute approximate surface area is 135 Å². The molecule has 128 valence electrons. The van der Waals surface area contributed by atoms with Gasteiger partial charge < -0.3 is 9.63 Å². The quantitative estimate of drug-likeness (QED) is 0.881. The van der Waals surface area contributed by atoms with Crippen LogP contribution in [-0.4, -0.2) is 27.8 Å². The van der Waals surface area contributed by atoms with E-state index in [9.17, 15) is 23.5 Å². The average Bonchev–Trinajstić information content (AvgIpc) is 2.93. The summed E-state index contributed by atoms with van der Waals surface area (Å²) in [6.07, 6.45) is -0.538. The molecule has 6 nitrogen and oxygen atoms in total. The number of aromatic nitrogens is 1. The van der Waals surface area contributed by atoms with E-state index in [0.717, 1.165) is 17.0 Å². The van der Waals surface area contributed by atoms with Crippen LogP contribution < -0.4 is 5.56 Å². The summed E-state index contributed by atoms with van der Waals surface area (Å²) < 4.78 is 32.6. The van der Waals surface area contributed by atoms with Crippen molar-refractivity contribution in [2.75, 3.05) is 6.54 Å². The molecular formula is C16H16F2N2O4. The molecule has 0 saturated carbocycles. The summed E-state index contributed by atoms with van der Waals surface area (Å²) in [4.78, 5) is 24.0. The zero-order valence-corrected chi connectivity index (χ0v) is 12.9. The smallest absolute Gasteiger partial charge is 0.408 e. The highest BCUT2D eigenvalue weighted by molar-refractivity contribution is 5.67. The zero-order valence-electron chi connectivity index (χ0n) is 12.9. The van der Waals surface area contributed by atoms with Crippen molar-refractivity contribution in [3.8, 4) is 0 Å². The lowest BCUT2D eigenvalue weighted by molar-refractivity contribution is 0.0420. The maximum Gasteiger partial charge on any atom is 0.408 e. The third-order valence-electron chi connectivity index (χ3n) is 4.63. The van der Waals surface area contributed by atoms with E-state index >= 15 is 0 Å². The lowest BCUT2D eigenvalue weighted by Crippen LogP contribution is -2.52. The number of halogens is 2. The Hall–Kier alpha value is -2.64. The van der Waals surface area contributed by atoms with Gasteiger partial charge in [-0.25, -0.2) is 13.6 Å². The van der Waals surface area contributed by atoms with Gasteiger partial charge in [0, 0.05) is 30.2 Å². The van der Waals surface area contributed by atoms with Gasteiger partial charge in [0.1, 0.15) is 17.4 Å². The Morgan fingerprint density at radius 2 is 2.17 bits per heavy atom. The third kappa shape index (κ3) is 2.68. The molecule has 0 radical (unpaired) electrons. The second kappa shape index (κ2) is 5.77. The van der Waals surface area contributed by atoms with Crippen molar-refractivity contribution in [3.05, 3.63) is 57.6 Å². The molecule has 2 heterocycles. The molecule has 1 aliphatic heterocycles. The van der Waals surface area contributed by atoms with Crippen LogP contribution in [0.4, 0.5) is 13.6 Å². The maximum atomic E-state index is 14.3. The molecule has 24 heavy (non-hydrogen) atoms. The lowest BCUT2D eigenvalue weighted by atomic mass is 9.76. The lowest BCUT2D eigenvalue weighted by Gasteiger charge is -2.46. The fraction of sp³-hybridized carbons (Fsp3) is 0.375. The summed E-state index contributed by atoms with van der Waals surface area (Å²) in [5, 5.41) is 11.7. The molecule has 1 aromatic carbocycles. The summed E-state index contributed by atoms with van der Waals surface area (Å²) >= 11 is 0. The topological polar surface area (TPSA) is 86.5 Å². The molecule has 1 aromatic heterocycles. The number of hydrogen-bond acceptors (Lipinski definition) is 3. The normalized spacial score (nSPS) is 24.1. The third-order valence-corrected chi connectivity index (χ3v) is 4.63. The second-order valence-corrected chi connectivity index (χ2v) is 6.14. The van der Waals surface area contributed by atoms with Crippen molar-refractivity contribution in [1.82, 2.24) is 10.1 Å². The number of carboxylic acid groups (broad SMARTS) is 1. The summed E-state index contributed by atoms with van der Waals surface area (Å²) in [6, 6.07) is 4.41. The minimum absolute atomic E-state index is 0.0916. The Morgan fingerprint density at radius 3 is 2.75 bits per heavy atom. The minimum atomic E-state index is -1.21. The van der Waals surface area contributed by atoms with Crippen LogP contribution in [0.1, 0.15) is 37.0 Å². The number of hydrogen-bond donors (Lipinski definition) is 2. The van der Waals surface area contributed by atoms with Gasteiger partial charge in [0.05, 0.1) is 5.54 Å². The Morgan fingerprint density at radius 1 is 1.42 bits per heavy atom. The van der Waals surface area contributed by atoms with E-state index in [1.165, 1.54) is 12.1 Å². The Bertz CT molecular complexity index is 831. The number of amides is 1. The highest BCUT2D eigenvalue weighted by Crippen LogP contribution is 2.44. The van der Waals surface area contributed by atoms with Crippen LogP contribution in [0, 0.1) is 11.6 Å². The van der Waals surface area contributed by atoms with Gasteiger partial charge in [-0.3, -0.25) is 9.69 Å². The van der Waals surface area contributed by atoms with Crippen LogP contribution >= 0.6 is 0 Å². The average molecular weight is 338 g/mol. The Kier molecular flexibility index (Phi) is 3.90. The molecule has 3 rings (SSSR count).